The van der Waals surface area contributed by atoms with E-state index >= 15 is 0 Å². The Morgan fingerprint density at radius 2 is 1.54 bits per heavy atom. The minimum absolute atomic E-state index is 0. The molecule has 0 amide bonds. The maximum Gasteiger partial charge on any atom is 0.131 e. The molecule has 0 aliphatic rings. The number of nitrogens with zero attached hydrogens (tertiary/aromatic N) is 2. The molecule has 6 heteroatoms. The molecule has 0 fully saturated rings. The SMILES string of the molecule is CC(C)C(C)c1ccnc(-c2[c-]c3sc4ccc(-c5ccccc5F)cc4c3cc2)c1.C[Si](C)(C)c1ccc(-c2[c-]cccc2)nc1.[Ir]. The summed E-state index contributed by atoms with van der Waals surface area (Å²) in [6.07, 6.45) is 3.91. The summed E-state index contributed by atoms with van der Waals surface area (Å²) in [7, 11) is -1.23. The summed E-state index contributed by atoms with van der Waals surface area (Å²) < 4.78 is 16.6. The fourth-order valence-electron chi connectivity index (χ4n) is 5.53. The molecule has 1 radical (unpaired) electrons. The molecule has 0 aliphatic carbocycles. The van der Waals surface area contributed by atoms with E-state index in [1.165, 1.54) is 21.5 Å². The average molecular weight is 843 g/mol. The van der Waals surface area contributed by atoms with Crippen molar-refractivity contribution in [3.05, 3.63) is 139 Å². The van der Waals surface area contributed by atoms with Gasteiger partial charge in [0, 0.05) is 42.8 Å². The van der Waals surface area contributed by atoms with Crippen LogP contribution in [0.1, 0.15) is 32.3 Å². The van der Waals surface area contributed by atoms with Crippen molar-refractivity contribution in [2.75, 3.05) is 0 Å². The maximum atomic E-state index is 14.3. The molecule has 3 heterocycles. The van der Waals surface area contributed by atoms with Gasteiger partial charge in [-0.1, -0.05) is 99.9 Å². The topological polar surface area (TPSA) is 25.8 Å². The van der Waals surface area contributed by atoms with Gasteiger partial charge >= 0.3 is 0 Å². The second-order valence-electron chi connectivity index (χ2n) is 13.4. The van der Waals surface area contributed by atoms with Crippen molar-refractivity contribution in [2.45, 2.75) is 46.3 Å². The Labute approximate surface area is 302 Å². The third kappa shape index (κ3) is 7.90. The fourth-order valence-corrected chi connectivity index (χ4v) is 7.65. The van der Waals surface area contributed by atoms with E-state index in [4.69, 9.17) is 0 Å². The van der Waals surface area contributed by atoms with Gasteiger partial charge in [-0.2, -0.15) is 11.3 Å². The first-order valence-corrected chi connectivity index (χ1v) is 20.4. The van der Waals surface area contributed by atoms with Crippen LogP contribution in [0.25, 0.3) is 53.8 Å². The first kappa shape index (κ1) is 35.5. The van der Waals surface area contributed by atoms with Crippen molar-refractivity contribution >= 4 is 44.8 Å². The van der Waals surface area contributed by atoms with Crippen LogP contribution in [0.2, 0.25) is 19.6 Å². The summed E-state index contributed by atoms with van der Waals surface area (Å²) in [5.74, 6) is 0.858. The van der Waals surface area contributed by atoms with Gasteiger partial charge in [0.2, 0.25) is 0 Å². The standard InChI is InChI=1S/C28H23FNS.C14H16NSi.Ir/c1-17(2)18(3)19-12-13-30-26(15-19)21-8-10-23-24-14-20(22-6-4-5-7-25(22)29)9-11-27(24)31-28(23)16-21;1-16(2,3)13-9-10-14(15-11-13)12-7-5-4-6-8-12;/h4-15,17-18H,1-3H3;4-7,9-11H,1-3H3;/q2*-1;. The van der Waals surface area contributed by atoms with Gasteiger partial charge in [-0.3, -0.25) is 0 Å². The predicted octanol–water partition coefficient (Wildman–Crippen LogP) is 11.6. The maximum absolute atomic E-state index is 14.3. The summed E-state index contributed by atoms with van der Waals surface area (Å²) in [5.41, 5.74) is 6.85. The number of pyridine rings is 2. The summed E-state index contributed by atoms with van der Waals surface area (Å²) in [5, 5.41) is 3.68. The number of thiophene rings is 1. The second-order valence-corrected chi connectivity index (χ2v) is 19.5. The smallest absolute Gasteiger partial charge is 0.131 e. The molecule has 1 unspecified atom stereocenters. The first-order chi connectivity index (χ1) is 22.6. The van der Waals surface area contributed by atoms with Crippen molar-refractivity contribution < 1.29 is 24.5 Å². The minimum atomic E-state index is -1.23. The van der Waals surface area contributed by atoms with Crippen LogP contribution in [0, 0.1) is 23.9 Å². The molecule has 0 aliphatic heterocycles. The van der Waals surface area contributed by atoms with Crippen LogP contribution in [-0.4, -0.2) is 18.0 Å². The molecule has 0 N–H and O–H groups in total. The van der Waals surface area contributed by atoms with Gasteiger partial charge in [0.15, 0.2) is 0 Å². The Bertz CT molecular complexity index is 2140. The summed E-state index contributed by atoms with van der Waals surface area (Å²) in [6, 6.07) is 40.6. The molecule has 2 nitrogen and oxygen atoms in total. The van der Waals surface area contributed by atoms with Crippen LogP contribution in [-0.2, 0) is 20.1 Å². The number of benzene rings is 4. The van der Waals surface area contributed by atoms with E-state index in [9.17, 15) is 4.39 Å². The van der Waals surface area contributed by atoms with Crippen LogP contribution < -0.4 is 5.19 Å². The molecular weight excluding hydrogens is 804 g/mol. The van der Waals surface area contributed by atoms with Crippen molar-refractivity contribution in [3.8, 4) is 33.6 Å². The zero-order chi connectivity index (χ0) is 33.1. The van der Waals surface area contributed by atoms with Crippen molar-refractivity contribution in [1.29, 1.82) is 0 Å². The van der Waals surface area contributed by atoms with E-state index in [1.54, 1.807) is 17.4 Å². The van der Waals surface area contributed by atoms with E-state index in [-0.39, 0.29) is 25.9 Å². The van der Waals surface area contributed by atoms with E-state index < -0.39 is 8.07 Å². The van der Waals surface area contributed by atoms with Gasteiger partial charge in [0.25, 0.3) is 0 Å². The molecule has 0 saturated carbocycles. The largest absolute Gasteiger partial charge is 0.305 e. The van der Waals surface area contributed by atoms with Gasteiger partial charge in [0.1, 0.15) is 5.82 Å². The Morgan fingerprint density at radius 3 is 2.23 bits per heavy atom. The quantitative estimate of drug-likeness (QED) is 0.123. The van der Waals surface area contributed by atoms with Crippen LogP contribution in [0.15, 0.2) is 116 Å². The van der Waals surface area contributed by atoms with Crippen LogP contribution in [0.5, 0.6) is 0 Å². The zero-order valence-corrected chi connectivity index (χ0v) is 32.3. The first-order valence-electron chi connectivity index (χ1n) is 16.1. The molecular formula is C42H39FIrN2SSi-2. The molecule has 4 aromatic carbocycles. The monoisotopic (exact) mass is 843 g/mol. The second kappa shape index (κ2) is 15.2. The number of aromatic nitrogens is 2. The average Bonchev–Trinajstić information content (AvgIpc) is 3.46. The fraction of sp³-hybridized carbons (Fsp3) is 0.190. The number of rotatable bonds is 6. The van der Waals surface area contributed by atoms with E-state index in [0.29, 0.717) is 17.4 Å². The third-order valence-electron chi connectivity index (χ3n) is 8.78. The van der Waals surface area contributed by atoms with E-state index in [1.807, 2.05) is 54.9 Å². The normalized spacial score (nSPS) is 12.0. The molecule has 245 valence electrons. The molecule has 3 aromatic heterocycles. The number of halogens is 1. The van der Waals surface area contributed by atoms with Gasteiger partial charge < -0.3 is 9.97 Å². The van der Waals surface area contributed by atoms with Gasteiger partial charge in [-0.15, -0.1) is 59.7 Å². The van der Waals surface area contributed by atoms with E-state index in [0.717, 1.165) is 43.6 Å². The molecule has 7 rings (SSSR count). The summed E-state index contributed by atoms with van der Waals surface area (Å²) in [4.78, 5) is 9.13. The van der Waals surface area contributed by atoms with Gasteiger partial charge in [-0.05, 0) is 62.3 Å². The predicted molar refractivity (Wildman–Crippen MR) is 202 cm³/mol. The number of hydrogen-bond donors (Lipinski definition) is 0. The molecule has 0 bridgehead atoms. The molecule has 48 heavy (non-hydrogen) atoms. The Hall–Kier alpha value is -3.80. The summed E-state index contributed by atoms with van der Waals surface area (Å²) in [6.45, 7) is 13.7. The minimum Gasteiger partial charge on any atom is -0.305 e. The van der Waals surface area contributed by atoms with Crippen molar-refractivity contribution in [1.82, 2.24) is 9.97 Å². The molecule has 0 saturated heterocycles. The third-order valence-corrected chi connectivity index (χ3v) is 11.9. The molecule has 7 aromatic rings. The van der Waals surface area contributed by atoms with Crippen molar-refractivity contribution in [2.24, 2.45) is 5.92 Å². The van der Waals surface area contributed by atoms with Crippen molar-refractivity contribution in [3.63, 3.8) is 0 Å². The van der Waals surface area contributed by atoms with Crippen LogP contribution in [0.3, 0.4) is 0 Å². The Morgan fingerprint density at radius 1 is 0.750 bits per heavy atom. The zero-order valence-electron chi connectivity index (χ0n) is 28.1. The molecule has 0 spiro atoms. The Kier molecular flexibility index (Phi) is 11.2. The number of hydrogen-bond acceptors (Lipinski definition) is 3. The molecule has 1 atom stereocenters. The van der Waals surface area contributed by atoms with Crippen LogP contribution in [0.4, 0.5) is 4.39 Å². The van der Waals surface area contributed by atoms with Gasteiger partial charge in [0.05, 0.1) is 8.07 Å². The van der Waals surface area contributed by atoms with Gasteiger partial charge in [-0.25, -0.2) is 4.39 Å². The summed E-state index contributed by atoms with van der Waals surface area (Å²) >= 11 is 1.72. The number of fused-ring (bicyclic) bond motifs is 3. The Balaban J connectivity index is 0.000000224. The van der Waals surface area contributed by atoms with Crippen LogP contribution >= 0.6 is 11.3 Å². The van der Waals surface area contributed by atoms with E-state index in [2.05, 4.69) is 111 Å².